The molecule has 1 aromatic carbocycles. The number of nitrogens with zero attached hydrogens (tertiary/aromatic N) is 2. The number of carbonyl (C=O) groups excluding carboxylic acids is 1. The minimum Gasteiger partial charge on any atom is -0.327 e. The molecule has 0 unspecified atom stereocenters. The van der Waals surface area contributed by atoms with Crippen LogP contribution in [-0.4, -0.2) is 15.8 Å². The zero-order chi connectivity index (χ0) is 11.7. The molecule has 1 aliphatic rings. The third-order valence-electron chi connectivity index (χ3n) is 3.14. The Hall–Kier alpha value is -2.10. The molecule has 2 aromatic rings. The lowest BCUT2D eigenvalue weighted by molar-refractivity contribution is 0.234. The summed E-state index contributed by atoms with van der Waals surface area (Å²) in [5.74, 6) is 0. The largest absolute Gasteiger partial charge is 0.342 e. The number of hydrogen-bond donors (Lipinski definition) is 1. The Labute approximate surface area is 99.3 Å². The SMILES string of the molecule is O=C(NC1(c2ccccc2)CC1)n1cccn1. The predicted octanol–water partition coefficient (Wildman–Crippen LogP) is 2.13. The number of aromatic nitrogens is 2. The Morgan fingerprint density at radius 3 is 2.59 bits per heavy atom. The maximum absolute atomic E-state index is 11.9. The first-order valence-electron chi connectivity index (χ1n) is 5.68. The van der Waals surface area contributed by atoms with Crippen LogP contribution in [0, 0.1) is 0 Å². The quantitative estimate of drug-likeness (QED) is 0.854. The van der Waals surface area contributed by atoms with E-state index >= 15 is 0 Å². The second-order valence-corrected chi connectivity index (χ2v) is 4.33. The van der Waals surface area contributed by atoms with Gasteiger partial charge in [0, 0.05) is 12.4 Å². The van der Waals surface area contributed by atoms with Gasteiger partial charge in [-0.05, 0) is 24.5 Å². The minimum atomic E-state index is -0.176. The molecular formula is C13H13N3O. The topological polar surface area (TPSA) is 46.9 Å². The smallest absolute Gasteiger partial charge is 0.327 e. The summed E-state index contributed by atoms with van der Waals surface area (Å²) in [6, 6.07) is 11.6. The van der Waals surface area contributed by atoms with Gasteiger partial charge in [0.25, 0.3) is 0 Å². The molecule has 17 heavy (non-hydrogen) atoms. The van der Waals surface area contributed by atoms with E-state index in [9.17, 15) is 4.79 Å². The van der Waals surface area contributed by atoms with Crippen LogP contribution in [0.4, 0.5) is 4.79 Å². The standard InChI is InChI=1S/C13H13N3O/c17-12(16-10-4-9-14-16)15-13(7-8-13)11-5-2-1-3-6-11/h1-6,9-10H,7-8H2,(H,15,17). The monoisotopic (exact) mass is 227 g/mol. The van der Waals surface area contributed by atoms with Crippen molar-refractivity contribution in [3.8, 4) is 0 Å². The second kappa shape index (κ2) is 3.73. The molecule has 0 atom stereocenters. The van der Waals surface area contributed by atoms with E-state index in [4.69, 9.17) is 0 Å². The van der Waals surface area contributed by atoms with Crippen LogP contribution in [0.25, 0.3) is 0 Å². The van der Waals surface area contributed by atoms with Crippen molar-refractivity contribution in [2.45, 2.75) is 18.4 Å². The van der Waals surface area contributed by atoms with E-state index < -0.39 is 0 Å². The molecule has 1 saturated carbocycles. The first-order chi connectivity index (χ1) is 8.30. The van der Waals surface area contributed by atoms with Crippen molar-refractivity contribution in [1.82, 2.24) is 15.1 Å². The number of nitrogens with one attached hydrogen (secondary N) is 1. The predicted molar refractivity (Wildman–Crippen MR) is 63.5 cm³/mol. The van der Waals surface area contributed by atoms with Gasteiger partial charge >= 0.3 is 6.03 Å². The fraction of sp³-hybridized carbons (Fsp3) is 0.231. The Morgan fingerprint density at radius 2 is 2.00 bits per heavy atom. The molecule has 0 bridgehead atoms. The number of rotatable bonds is 2. The maximum Gasteiger partial charge on any atom is 0.342 e. The van der Waals surface area contributed by atoms with Crippen molar-refractivity contribution in [3.63, 3.8) is 0 Å². The lowest BCUT2D eigenvalue weighted by atomic mass is 10.1. The first-order valence-corrected chi connectivity index (χ1v) is 5.68. The van der Waals surface area contributed by atoms with Gasteiger partial charge in [-0.1, -0.05) is 30.3 Å². The Bertz CT molecular complexity index is 515. The molecule has 1 N–H and O–H groups in total. The third kappa shape index (κ3) is 1.82. The summed E-state index contributed by atoms with van der Waals surface area (Å²) in [5.41, 5.74) is 0.991. The zero-order valence-corrected chi connectivity index (χ0v) is 9.34. The molecule has 0 saturated heterocycles. The Kier molecular flexibility index (Phi) is 2.21. The van der Waals surface area contributed by atoms with Crippen molar-refractivity contribution >= 4 is 6.03 Å². The highest BCUT2D eigenvalue weighted by Gasteiger charge is 2.45. The lowest BCUT2D eigenvalue weighted by Crippen LogP contribution is -2.38. The number of benzene rings is 1. The molecule has 0 aliphatic heterocycles. The molecule has 4 nitrogen and oxygen atoms in total. The van der Waals surface area contributed by atoms with Gasteiger partial charge in [-0.2, -0.15) is 9.78 Å². The van der Waals surface area contributed by atoms with Crippen molar-refractivity contribution in [2.75, 3.05) is 0 Å². The summed E-state index contributed by atoms with van der Waals surface area (Å²) in [6.07, 6.45) is 5.23. The summed E-state index contributed by atoms with van der Waals surface area (Å²) < 4.78 is 1.32. The summed E-state index contributed by atoms with van der Waals surface area (Å²) in [4.78, 5) is 11.9. The van der Waals surface area contributed by atoms with Crippen LogP contribution in [-0.2, 0) is 5.54 Å². The molecular weight excluding hydrogens is 214 g/mol. The van der Waals surface area contributed by atoms with E-state index in [-0.39, 0.29) is 11.6 Å². The zero-order valence-electron chi connectivity index (χ0n) is 9.34. The molecule has 1 aliphatic carbocycles. The number of carbonyl (C=O) groups is 1. The van der Waals surface area contributed by atoms with Crippen LogP contribution in [0.5, 0.6) is 0 Å². The molecule has 0 spiro atoms. The summed E-state index contributed by atoms with van der Waals surface area (Å²) in [7, 11) is 0. The van der Waals surface area contributed by atoms with Crippen molar-refractivity contribution in [3.05, 3.63) is 54.4 Å². The molecule has 0 radical (unpaired) electrons. The fourth-order valence-electron chi connectivity index (χ4n) is 2.02. The van der Waals surface area contributed by atoms with E-state index in [1.54, 1.807) is 18.5 Å². The van der Waals surface area contributed by atoms with E-state index in [0.29, 0.717) is 0 Å². The van der Waals surface area contributed by atoms with Crippen LogP contribution in [0.3, 0.4) is 0 Å². The lowest BCUT2D eigenvalue weighted by Gasteiger charge is -2.17. The van der Waals surface area contributed by atoms with E-state index in [1.165, 1.54) is 10.2 Å². The van der Waals surface area contributed by atoms with Crippen molar-refractivity contribution < 1.29 is 4.79 Å². The third-order valence-corrected chi connectivity index (χ3v) is 3.14. The van der Waals surface area contributed by atoms with Crippen LogP contribution >= 0.6 is 0 Å². The van der Waals surface area contributed by atoms with Crippen LogP contribution in [0.15, 0.2) is 48.8 Å². The molecule has 3 rings (SSSR count). The summed E-state index contributed by atoms with van der Waals surface area (Å²) >= 11 is 0. The summed E-state index contributed by atoms with van der Waals surface area (Å²) in [5, 5.41) is 6.97. The van der Waals surface area contributed by atoms with Gasteiger partial charge in [0.2, 0.25) is 0 Å². The molecule has 1 fully saturated rings. The molecule has 86 valence electrons. The second-order valence-electron chi connectivity index (χ2n) is 4.33. The van der Waals surface area contributed by atoms with Crippen molar-refractivity contribution in [1.29, 1.82) is 0 Å². The van der Waals surface area contributed by atoms with Gasteiger partial charge in [0.05, 0.1) is 5.54 Å². The molecule has 1 aromatic heterocycles. The van der Waals surface area contributed by atoms with E-state index in [2.05, 4.69) is 22.5 Å². The van der Waals surface area contributed by atoms with E-state index in [1.807, 2.05) is 18.2 Å². The Morgan fingerprint density at radius 1 is 1.24 bits per heavy atom. The normalized spacial score (nSPS) is 16.5. The molecule has 1 amide bonds. The highest BCUT2D eigenvalue weighted by Crippen LogP contribution is 2.45. The fourth-order valence-corrected chi connectivity index (χ4v) is 2.02. The van der Waals surface area contributed by atoms with Gasteiger partial charge in [-0.3, -0.25) is 0 Å². The van der Waals surface area contributed by atoms with Gasteiger partial charge in [-0.25, -0.2) is 4.79 Å². The van der Waals surface area contributed by atoms with Crippen molar-refractivity contribution in [2.24, 2.45) is 0 Å². The molecule has 1 heterocycles. The average molecular weight is 227 g/mol. The van der Waals surface area contributed by atoms with Crippen LogP contribution < -0.4 is 5.32 Å². The van der Waals surface area contributed by atoms with Crippen LogP contribution in [0.2, 0.25) is 0 Å². The van der Waals surface area contributed by atoms with Gasteiger partial charge in [0.1, 0.15) is 0 Å². The highest BCUT2D eigenvalue weighted by atomic mass is 16.2. The van der Waals surface area contributed by atoms with Crippen LogP contribution in [0.1, 0.15) is 18.4 Å². The number of amides is 1. The maximum atomic E-state index is 11.9. The molecule has 4 heteroatoms. The van der Waals surface area contributed by atoms with E-state index in [0.717, 1.165) is 12.8 Å². The Balaban J connectivity index is 1.80. The minimum absolute atomic E-state index is 0.170. The van der Waals surface area contributed by atoms with Gasteiger partial charge in [0.15, 0.2) is 0 Å². The van der Waals surface area contributed by atoms with Gasteiger partial charge < -0.3 is 5.32 Å². The summed E-state index contributed by atoms with van der Waals surface area (Å²) in [6.45, 7) is 0. The first kappa shape index (κ1) is 10.1. The number of hydrogen-bond acceptors (Lipinski definition) is 2. The average Bonchev–Trinajstić information content (AvgIpc) is 2.94. The van der Waals surface area contributed by atoms with Gasteiger partial charge in [-0.15, -0.1) is 0 Å². The highest BCUT2D eigenvalue weighted by molar-refractivity contribution is 5.77.